The molecule has 5 nitrogen and oxygen atoms in total. The van der Waals surface area contributed by atoms with E-state index in [-0.39, 0.29) is 0 Å². The van der Waals surface area contributed by atoms with Gasteiger partial charge in [-0.25, -0.2) is 4.98 Å². The molecule has 0 aliphatic carbocycles. The number of aryl methyl sites for hydroxylation is 2. The van der Waals surface area contributed by atoms with Crippen LogP contribution < -0.4 is 0 Å². The van der Waals surface area contributed by atoms with Gasteiger partial charge in [0.1, 0.15) is 5.76 Å². The van der Waals surface area contributed by atoms with Crippen molar-refractivity contribution in [2.24, 2.45) is 5.41 Å². The van der Waals surface area contributed by atoms with Crippen molar-refractivity contribution in [1.29, 1.82) is 0 Å². The second kappa shape index (κ2) is 5.33. The molecule has 2 rings (SSSR count). The first-order valence-corrected chi connectivity index (χ1v) is 6.85. The van der Waals surface area contributed by atoms with E-state index in [9.17, 15) is 9.90 Å². The largest absolute Gasteiger partial charge is 0.481 e. The Morgan fingerprint density at radius 1 is 1.53 bits per heavy atom. The number of oxazole rings is 1. The van der Waals surface area contributed by atoms with E-state index in [2.05, 4.69) is 9.88 Å². The summed E-state index contributed by atoms with van der Waals surface area (Å²) >= 11 is 0. The highest BCUT2D eigenvalue weighted by Crippen LogP contribution is 2.34. The van der Waals surface area contributed by atoms with Crippen LogP contribution in [0.5, 0.6) is 0 Å². The van der Waals surface area contributed by atoms with Gasteiger partial charge in [0.15, 0.2) is 0 Å². The van der Waals surface area contributed by atoms with E-state index in [1.165, 1.54) is 0 Å². The number of nitrogens with zero attached hydrogens (tertiary/aromatic N) is 2. The smallest absolute Gasteiger partial charge is 0.310 e. The number of hydrogen-bond donors (Lipinski definition) is 1. The third-order valence-corrected chi connectivity index (χ3v) is 4.22. The van der Waals surface area contributed by atoms with Crippen molar-refractivity contribution in [2.75, 3.05) is 13.1 Å². The molecule has 1 unspecified atom stereocenters. The lowest BCUT2D eigenvalue weighted by atomic mass is 9.77. The highest BCUT2D eigenvalue weighted by molar-refractivity contribution is 5.75. The van der Waals surface area contributed by atoms with Gasteiger partial charge in [0, 0.05) is 6.54 Å². The van der Waals surface area contributed by atoms with E-state index in [1.54, 1.807) is 0 Å². The molecule has 106 valence electrons. The van der Waals surface area contributed by atoms with Gasteiger partial charge < -0.3 is 9.52 Å². The number of carboxylic acid groups (broad SMARTS) is 1. The molecular formula is C14H22N2O3. The first-order valence-electron chi connectivity index (χ1n) is 6.85. The molecule has 5 heteroatoms. The van der Waals surface area contributed by atoms with Crippen LogP contribution in [0.3, 0.4) is 0 Å². The van der Waals surface area contributed by atoms with E-state index in [4.69, 9.17) is 4.42 Å². The van der Waals surface area contributed by atoms with Crippen LogP contribution in [0.15, 0.2) is 4.42 Å². The van der Waals surface area contributed by atoms with Gasteiger partial charge in [0.05, 0.1) is 17.7 Å². The van der Waals surface area contributed by atoms with Gasteiger partial charge in [-0.1, -0.05) is 6.92 Å². The van der Waals surface area contributed by atoms with Crippen molar-refractivity contribution in [3.8, 4) is 0 Å². The number of rotatable bonds is 4. The maximum Gasteiger partial charge on any atom is 0.310 e. The van der Waals surface area contributed by atoms with E-state index in [0.717, 1.165) is 30.8 Å². The van der Waals surface area contributed by atoms with Crippen molar-refractivity contribution in [3.63, 3.8) is 0 Å². The summed E-state index contributed by atoms with van der Waals surface area (Å²) in [7, 11) is 0. The second-order valence-electron chi connectivity index (χ2n) is 5.50. The minimum absolute atomic E-state index is 0.583. The molecule has 1 N–H and O–H groups in total. The summed E-state index contributed by atoms with van der Waals surface area (Å²) in [5.41, 5.74) is 0.307. The number of aliphatic carboxylic acids is 1. The SMILES string of the molecule is CCC1(C(=O)O)CCCN(Cc2nc(C)c(C)o2)C1. The molecule has 0 radical (unpaired) electrons. The molecule has 1 aliphatic rings. The summed E-state index contributed by atoms with van der Waals surface area (Å²) in [5.74, 6) is 0.846. The third-order valence-electron chi connectivity index (χ3n) is 4.22. The van der Waals surface area contributed by atoms with E-state index >= 15 is 0 Å². The quantitative estimate of drug-likeness (QED) is 0.906. The highest BCUT2D eigenvalue weighted by Gasteiger charge is 2.40. The summed E-state index contributed by atoms with van der Waals surface area (Å²) in [6, 6.07) is 0. The van der Waals surface area contributed by atoms with Crippen LogP contribution in [-0.2, 0) is 11.3 Å². The van der Waals surface area contributed by atoms with Crippen molar-refractivity contribution < 1.29 is 14.3 Å². The Hall–Kier alpha value is -1.36. The zero-order chi connectivity index (χ0) is 14.0. The summed E-state index contributed by atoms with van der Waals surface area (Å²) < 4.78 is 5.58. The first-order chi connectivity index (χ1) is 8.97. The van der Waals surface area contributed by atoms with Crippen LogP contribution in [0.2, 0.25) is 0 Å². The fourth-order valence-electron chi connectivity index (χ4n) is 2.77. The van der Waals surface area contributed by atoms with Crippen LogP contribution in [0.1, 0.15) is 43.5 Å². The Labute approximate surface area is 113 Å². The number of aromatic nitrogens is 1. The number of carbonyl (C=O) groups is 1. The van der Waals surface area contributed by atoms with E-state index in [1.807, 2.05) is 20.8 Å². The Morgan fingerprint density at radius 2 is 2.26 bits per heavy atom. The Kier molecular flexibility index (Phi) is 3.94. The molecule has 0 saturated carbocycles. The van der Waals surface area contributed by atoms with Crippen molar-refractivity contribution in [2.45, 2.75) is 46.6 Å². The fraction of sp³-hybridized carbons (Fsp3) is 0.714. The predicted octanol–water partition coefficient (Wildman–Crippen LogP) is 2.37. The van der Waals surface area contributed by atoms with Crippen molar-refractivity contribution in [1.82, 2.24) is 9.88 Å². The van der Waals surface area contributed by atoms with E-state index < -0.39 is 11.4 Å². The summed E-state index contributed by atoms with van der Waals surface area (Å²) in [6.07, 6.45) is 2.35. The van der Waals surface area contributed by atoms with Gasteiger partial charge in [-0.2, -0.15) is 0 Å². The minimum atomic E-state index is -0.681. The van der Waals surface area contributed by atoms with Crippen LogP contribution >= 0.6 is 0 Å². The number of hydrogen-bond acceptors (Lipinski definition) is 4. The topological polar surface area (TPSA) is 66.6 Å². The van der Waals surface area contributed by atoms with E-state index in [0.29, 0.717) is 25.4 Å². The Balaban J connectivity index is 2.07. The molecule has 0 amide bonds. The lowest BCUT2D eigenvalue weighted by Gasteiger charge is -2.38. The number of piperidine rings is 1. The fourth-order valence-corrected chi connectivity index (χ4v) is 2.77. The standard InChI is InChI=1S/C14H22N2O3/c1-4-14(13(17)18)6-5-7-16(9-14)8-12-15-10(2)11(3)19-12/h4-9H2,1-3H3,(H,17,18). The lowest BCUT2D eigenvalue weighted by molar-refractivity contribution is -0.153. The van der Waals surface area contributed by atoms with Gasteiger partial charge in [-0.05, 0) is 39.7 Å². The summed E-state index contributed by atoms with van der Waals surface area (Å²) in [5, 5.41) is 9.46. The van der Waals surface area contributed by atoms with Gasteiger partial charge in [0.2, 0.25) is 5.89 Å². The molecule has 0 bridgehead atoms. The van der Waals surface area contributed by atoms with Crippen molar-refractivity contribution in [3.05, 3.63) is 17.3 Å². The van der Waals surface area contributed by atoms with Crippen molar-refractivity contribution >= 4 is 5.97 Å². The summed E-state index contributed by atoms with van der Waals surface area (Å²) in [4.78, 5) is 18.0. The predicted molar refractivity (Wildman–Crippen MR) is 70.8 cm³/mol. The number of likely N-dealkylation sites (tertiary alicyclic amines) is 1. The zero-order valence-corrected chi connectivity index (χ0v) is 11.9. The minimum Gasteiger partial charge on any atom is -0.481 e. The molecule has 1 aromatic heterocycles. The van der Waals surface area contributed by atoms with Gasteiger partial charge in [-0.3, -0.25) is 9.69 Å². The average Bonchev–Trinajstić information content (AvgIpc) is 2.68. The molecule has 0 spiro atoms. The molecule has 2 heterocycles. The van der Waals surface area contributed by atoms with Crippen LogP contribution in [-0.4, -0.2) is 34.0 Å². The Morgan fingerprint density at radius 3 is 2.79 bits per heavy atom. The van der Waals surface area contributed by atoms with Crippen LogP contribution in [0.25, 0.3) is 0 Å². The molecule has 1 atom stereocenters. The molecular weight excluding hydrogens is 244 g/mol. The van der Waals surface area contributed by atoms with Gasteiger partial charge in [0.25, 0.3) is 0 Å². The number of carboxylic acids is 1. The maximum atomic E-state index is 11.5. The monoisotopic (exact) mass is 266 g/mol. The normalized spacial score (nSPS) is 24.6. The molecule has 1 aliphatic heterocycles. The second-order valence-corrected chi connectivity index (χ2v) is 5.50. The van der Waals surface area contributed by atoms with Crippen LogP contribution in [0, 0.1) is 19.3 Å². The molecule has 0 aromatic carbocycles. The molecule has 1 saturated heterocycles. The summed E-state index contributed by atoms with van der Waals surface area (Å²) in [6.45, 7) is 7.87. The molecule has 1 fully saturated rings. The van der Waals surface area contributed by atoms with Crippen LogP contribution in [0.4, 0.5) is 0 Å². The van der Waals surface area contributed by atoms with Gasteiger partial charge in [-0.15, -0.1) is 0 Å². The van der Waals surface area contributed by atoms with Gasteiger partial charge >= 0.3 is 5.97 Å². The first kappa shape index (κ1) is 14.1. The Bertz CT molecular complexity index is 450. The zero-order valence-electron chi connectivity index (χ0n) is 11.9. The lowest BCUT2D eigenvalue weighted by Crippen LogP contribution is -2.47. The molecule has 19 heavy (non-hydrogen) atoms. The highest BCUT2D eigenvalue weighted by atomic mass is 16.4. The third kappa shape index (κ3) is 2.81. The molecule has 1 aromatic rings. The average molecular weight is 266 g/mol. The maximum absolute atomic E-state index is 11.5.